The topological polar surface area (TPSA) is 94.0 Å². The molecule has 126 valence electrons. The van der Waals surface area contributed by atoms with Gasteiger partial charge in [-0.1, -0.05) is 24.3 Å². The summed E-state index contributed by atoms with van der Waals surface area (Å²) >= 11 is 0. The van der Waals surface area contributed by atoms with Gasteiger partial charge in [-0.3, -0.25) is 0 Å². The standard InChI is InChI=1S/C18H15N3O3S.Li/c22-25(23,24)18-8-4-7-17(13-18)21-20-16-11-9-15(10-12-16)19-14-5-2-1-3-6-14;/h1-13,19H,(H,22,23,24);/q;+1/p-1. The molecule has 0 aliphatic rings. The maximum absolute atomic E-state index is 11.0. The minimum Gasteiger partial charge on any atom is -0.744 e. The van der Waals surface area contributed by atoms with Crippen LogP contribution < -0.4 is 24.2 Å². The van der Waals surface area contributed by atoms with Crippen molar-refractivity contribution in [1.82, 2.24) is 0 Å². The maximum Gasteiger partial charge on any atom is 1.00 e. The molecule has 0 aromatic heterocycles. The van der Waals surface area contributed by atoms with Crippen LogP contribution >= 0.6 is 0 Å². The first-order valence-electron chi connectivity index (χ1n) is 7.40. The van der Waals surface area contributed by atoms with Crippen LogP contribution in [-0.2, 0) is 10.1 Å². The summed E-state index contributed by atoms with van der Waals surface area (Å²) in [5.74, 6) is 0. The van der Waals surface area contributed by atoms with Crippen LogP contribution in [0, 0.1) is 0 Å². The van der Waals surface area contributed by atoms with Crippen molar-refractivity contribution in [3.63, 3.8) is 0 Å². The van der Waals surface area contributed by atoms with Crippen molar-refractivity contribution < 1.29 is 31.8 Å². The number of nitrogens with one attached hydrogen (secondary N) is 1. The summed E-state index contributed by atoms with van der Waals surface area (Å²) in [4.78, 5) is -0.327. The number of azo groups is 1. The molecular formula is C18H14LiN3O3S. The van der Waals surface area contributed by atoms with E-state index >= 15 is 0 Å². The van der Waals surface area contributed by atoms with E-state index in [-0.39, 0.29) is 23.8 Å². The summed E-state index contributed by atoms with van der Waals surface area (Å²) in [5, 5.41) is 11.3. The molecule has 0 heterocycles. The van der Waals surface area contributed by atoms with Crippen molar-refractivity contribution >= 4 is 32.9 Å². The Morgan fingerprint density at radius 1 is 0.731 bits per heavy atom. The van der Waals surface area contributed by atoms with Crippen molar-refractivity contribution in [2.24, 2.45) is 10.2 Å². The van der Waals surface area contributed by atoms with Crippen LogP contribution in [0.25, 0.3) is 0 Å². The fourth-order valence-electron chi connectivity index (χ4n) is 2.12. The molecule has 0 atom stereocenters. The van der Waals surface area contributed by atoms with Gasteiger partial charge in [-0.15, -0.1) is 0 Å². The fourth-order valence-corrected chi connectivity index (χ4v) is 2.63. The molecule has 0 saturated heterocycles. The van der Waals surface area contributed by atoms with Gasteiger partial charge in [-0.25, -0.2) is 8.42 Å². The van der Waals surface area contributed by atoms with E-state index in [1.807, 2.05) is 42.5 Å². The number of hydrogen-bond donors (Lipinski definition) is 1. The van der Waals surface area contributed by atoms with Crippen LogP contribution in [0.15, 0.2) is 94.0 Å². The Bertz CT molecular complexity index is 992. The Kier molecular flexibility index (Phi) is 6.72. The first kappa shape index (κ1) is 19.9. The van der Waals surface area contributed by atoms with Crippen LogP contribution in [0.5, 0.6) is 0 Å². The Morgan fingerprint density at radius 3 is 2.00 bits per heavy atom. The van der Waals surface area contributed by atoms with Gasteiger partial charge in [0, 0.05) is 11.4 Å². The molecule has 0 aliphatic heterocycles. The molecule has 26 heavy (non-hydrogen) atoms. The van der Waals surface area contributed by atoms with Crippen molar-refractivity contribution in [2.75, 3.05) is 5.32 Å². The summed E-state index contributed by atoms with van der Waals surface area (Å²) < 4.78 is 33.0. The van der Waals surface area contributed by atoms with Gasteiger partial charge < -0.3 is 9.87 Å². The van der Waals surface area contributed by atoms with Gasteiger partial charge >= 0.3 is 18.9 Å². The Hall–Kier alpha value is -2.43. The molecule has 0 saturated carbocycles. The third-order valence-electron chi connectivity index (χ3n) is 3.32. The number of anilines is 2. The maximum atomic E-state index is 11.0. The van der Waals surface area contributed by atoms with Gasteiger partial charge in [0.2, 0.25) is 0 Å². The number of para-hydroxylation sites is 1. The molecule has 8 heteroatoms. The van der Waals surface area contributed by atoms with Gasteiger partial charge in [0.15, 0.2) is 0 Å². The molecule has 0 aliphatic carbocycles. The molecule has 3 aromatic rings. The SMILES string of the molecule is O=S(=O)([O-])c1cccc(N=Nc2ccc(Nc3ccccc3)cc2)c1.[Li+]. The van der Waals surface area contributed by atoms with E-state index in [0.717, 1.165) is 11.4 Å². The zero-order chi connectivity index (χ0) is 17.7. The molecular weight excluding hydrogens is 345 g/mol. The Balaban J connectivity index is 0.00000243. The first-order valence-corrected chi connectivity index (χ1v) is 8.81. The van der Waals surface area contributed by atoms with Crippen LogP contribution in [0.4, 0.5) is 22.7 Å². The third kappa shape index (κ3) is 5.54. The number of rotatable bonds is 5. The quantitative estimate of drug-likeness (QED) is 0.427. The molecule has 3 aromatic carbocycles. The predicted octanol–water partition coefficient (Wildman–Crippen LogP) is 1.75. The van der Waals surface area contributed by atoms with Crippen LogP contribution in [0.2, 0.25) is 0 Å². The third-order valence-corrected chi connectivity index (χ3v) is 4.15. The largest absolute Gasteiger partial charge is 1.00 e. The summed E-state index contributed by atoms with van der Waals surface area (Å²) in [7, 11) is -4.50. The van der Waals surface area contributed by atoms with E-state index in [0.29, 0.717) is 11.4 Å². The second-order valence-corrected chi connectivity index (χ2v) is 6.57. The monoisotopic (exact) mass is 359 g/mol. The van der Waals surface area contributed by atoms with Crippen molar-refractivity contribution in [1.29, 1.82) is 0 Å². The van der Waals surface area contributed by atoms with Crippen molar-refractivity contribution in [2.45, 2.75) is 4.90 Å². The second kappa shape index (κ2) is 8.79. The van der Waals surface area contributed by atoms with Gasteiger partial charge in [0.1, 0.15) is 10.1 Å². The molecule has 1 N–H and O–H groups in total. The fraction of sp³-hybridized carbons (Fsp3) is 0. The number of benzene rings is 3. The molecule has 0 spiro atoms. The molecule has 0 amide bonds. The van der Waals surface area contributed by atoms with Crippen LogP contribution in [-0.4, -0.2) is 13.0 Å². The summed E-state index contributed by atoms with van der Waals surface area (Å²) in [6.45, 7) is 0. The van der Waals surface area contributed by atoms with E-state index in [1.165, 1.54) is 18.2 Å². The average Bonchev–Trinajstić information content (AvgIpc) is 2.62. The molecule has 0 radical (unpaired) electrons. The molecule has 0 fully saturated rings. The Labute approximate surface area is 163 Å². The number of nitrogens with zero attached hydrogens (tertiary/aromatic N) is 2. The minimum absolute atomic E-state index is 0. The molecule has 0 bridgehead atoms. The van der Waals surface area contributed by atoms with Gasteiger partial charge in [0.05, 0.1) is 16.3 Å². The van der Waals surface area contributed by atoms with Crippen LogP contribution in [0.1, 0.15) is 0 Å². The summed E-state index contributed by atoms with van der Waals surface area (Å²) in [6.07, 6.45) is 0. The minimum atomic E-state index is -4.50. The molecule has 3 rings (SSSR count). The smallest absolute Gasteiger partial charge is 0.744 e. The summed E-state index contributed by atoms with van der Waals surface area (Å²) in [5.41, 5.74) is 2.79. The first-order chi connectivity index (χ1) is 12.0. The van der Waals surface area contributed by atoms with E-state index in [4.69, 9.17) is 0 Å². The zero-order valence-electron chi connectivity index (χ0n) is 14.0. The van der Waals surface area contributed by atoms with Crippen LogP contribution in [0.3, 0.4) is 0 Å². The van der Waals surface area contributed by atoms with Gasteiger partial charge in [-0.2, -0.15) is 10.2 Å². The molecule has 6 nitrogen and oxygen atoms in total. The number of hydrogen-bond acceptors (Lipinski definition) is 6. The average molecular weight is 359 g/mol. The predicted molar refractivity (Wildman–Crippen MR) is 94.7 cm³/mol. The Morgan fingerprint density at radius 2 is 1.35 bits per heavy atom. The normalized spacial score (nSPS) is 11.1. The van der Waals surface area contributed by atoms with E-state index in [9.17, 15) is 13.0 Å². The van der Waals surface area contributed by atoms with Gasteiger partial charge in [-0.05, 0) is 54.6 Å². The summed E-state index contributed by atoms with van der Waals surface area (Å²) in [6, 6.07) is 22.5. The van der Waals surface area contributed by atoms with Crippen molar-refractivity contribution in [3.8, 4) is 0 Å². The molecule has 0 unspecified atom stereocenters. The van der Waals surface area contributed by atoms with E-state index < -0.39 is 10.1 Å². The van der Waals surface area contributed by atoms with E-state index in [1.54, 1.807) is 18.2 Å². The van der Waals surface area contributed by atoms with E-state index in [2.05, 4.69) is 15.5 Å². The zero-order valence-corrected chi connectivity index (χ0v) is 14.8. The second-order valence-electron chi connectivity index (χ2n) is 5.19. The van der Waals surface area contributed by atoms with Crippen molar-refractivity contribution in [3.05, 3.63) is 78.9 Å². The van der Waals surface area contributed by atoms with Gasteiger partial charge in [0.25, 0.3) is 0 Å².